The Morgan fingerprint density at radius 1 is 0.328 bits per heavy atom. The molecule has 0 N–H and O–H groups in total. The first-order valence-electron chi connectivity index (χ1n) is 21.2. The molecule has 1 heterocycles. The molecule has 2 nitrogen and oxygen atoms in total. The maximum Gasteiger partial charge on any atom is 0.160 e. The van der Waals surface area contributed by atoms with Gasteiger partial charge in [-0.3, -0.25) is 0 Å². The number of rotatable bonds is 5. The average molecular weight is 777 g/mol. The molecule has 0 saturated heterocycles. The number of aromatic nitrogens is 2. The molecule has 0 atom stereocenters. The second kappa shape index (κ2) is 13.7. The van der Waals surface area contributed by atoms with Gasteiger partial charge in [0, 0.05) is 22.1 Å². The van der Waals surface area contributed by atoms with Gasteiger partial charge in [-0.2, -0.15) is 0 Å². The molecule has 11 aromatic rings. The van der Waals surface area contributed by atoms with Crippen LogP contribution in [0.2, 0.25) is 0 Å². The molecule has 0 bridgehead atoms. The number of fused-ring (bicyclic) bond motifs is 8. The van der Waals surface area contributed by atoms with Crippen LogP contribution in [0.3, 0.4) is 0 Å². The highest BCUT2D eigenvalue weighted by molar-refractivity contribution is 6.14. The molecule has 0 spiro atoms. The van der Waals surface area contributed by atoms with Crippen LogP contribution in [-0.4, -0.2) is 9.97 Å². The Morgan fingerprint density at radius 2 is 0.770 bits per heavy atom. The quantitative estimate of drug-likeness (QED) is 0.174. The van der Waals surface area contributed by atoms with E-state index in [1.165, 1.54) is 82.2 Å². The first-order chi connectivity index (χ1) is 30.0. The Hall–Kier alpha value is -7.68. The molecule has 0 saturated carbocycles. The van der Waals surface area contributed by atoms with E-state index < -0.39 is 0 Å². The number of hydrogen-bond acceptors (Lipinski definition) is 2. The zero-order chi connectivity index (χ0) is 40.7. The average Bonchev–Trinajstić information content (AvgIpc) is 3.57. The van der Waals surface area contributed by atoms with Gasteiger partial charge in [0.25, 0.3) is 0 Å². The fourth-order valence-electron chi connectivity index (χ4n) is 10.3. The molecule has 2 heteroatoms. The third-order valence-electron chi connectivity index (χ3n) is 13.1. The van der Waals surface area contributed by atoms with Crippen molar-refractivity contribution in [2.24, 2.45) is 0 Å². The summed E-state index contributed by atoms with van der Waals surface area (Å²) in [5.74, 6) is 0.711. The molecular weight excluding hydrogens is 737 g/mol. The van der Waals surface area contributed by atoms with E-state index in [9.17, 15) is 0 Å². The van der Waals surface area contributed by atoms with Crippen LogP contribution < -0.4 is 0 Å². The minimum absolute atomic E-state index is 0.126. The van der Waals surface area contributed by atoms with Crippen LogP contribution in [0.5, 0.6) is 0 Å². The molecule has 0 aliphatic heterocycles. The van der Waals surface area contributed by atoms with E-state index in [0.29, 0.717) is 5.82 Å². The molecule has 0 unspecified atom stereocenters. The van der Waals surface area contributed by atoms with E-state index in [2.05, 4.69) is 214 Å². The molecule has 286 valence electrons. The first kappa shape index (κ1) is 35.3. The highest BCUT2D eigenvalue weighted by Crippen LogP contribution is 2.55. The van der Waals surface area contributed by atoms with Gasteiger partial charge < -0.3 is 0 Å². The van der Waals surface area contributed by atoms with Gasteiger partial charge in [0.05, 0.1) is 11.4 Å². The Balaban J connectivity index is 1.04. The van der Waals surface area contributed by atoms with Crippen LogP contribution in [0.1, 0.15) is 25.0 Å². The van der Waals surface area contributed by atoms with Gasteiger partial charge in [-0.1, -0.05) is 214 Å². The molecule has 0 fully saturated rings. The Bertz CT molecular complexity index is 3560. The van der Waals surface area contributed by atoms with Crippen molar-refractivity contribution < 1.29 is 0 Å². The van der Waals surface area contributed by atoms with Crippen molar-refractivity contribution in [2.45, 2.75) is 19.3 Å². The van der Waals surface area contributed by atoms with Crippen LogP contribution >= 0.6 is 0 Å². The van der Waals surface area contributed by atoms with E-state index in [4.69, 9.17) is 9.97 Å². The lowest BCUT2D eigenvalue weighted by atomic mass is 9.80. The van der Waals surface area contributed by atoms with Crippen LogP contribution in [0.4, 0.5) is 0 Å². The third kappa shape index (κ3) is 5.49. The summed E-state index contributed by atoms with van der Waals surface area (Å²) in [4.78, 5) is 10.5. The van der Waals surface area contributed by atoms with E-state index in [1.807, 2.05) is 6.07 Å². The molecule has 12 rings (SSSR count). The van der Waals surface area contributed by atoms with Gasteiger partial charge in [0.1, 0.15) is 0 Å². The zero-order valence-corrected chi connectivity index (χ0v) is 34.0. The van der Waals surface area contributed by atoms with Crippen molar-refractivity contribution in [3.63, 3.8) is 0 Å². The lowest BCUT2D eigenvalue weighted by molar-refractivity contribution is 0.666. The summed E-state index contributed by atoms with van der Waals surface area (Å²) < 4.78 is 0. The molecule has 10 aromatic carbocycles. The standard InChI is InChI=1S/C59H40N2/c1-59(2)53-29-15-28-51(56(53)52-31-30-38-17-7-9-22-41(38)57(52)59)48-33-32-46(42-23-10-11-24-43(42)48)47-34-35-50(45-26-13-12-25-44(45)47)55-36-54(60-58(61-55)39-18-4-3-5-19-39)49-27-14-20-37-16-6-8-21-40(37)49/h3-36H,1-2H3. The Morgan fingerprint density at radius 3 is 1.43 bits per heavy atom. The first-order valence-corrected chi connectivity index (χ1v) is 21.2. The highest BCUT2D eigenvalue weighted by Gasteiger charge is 2.38. The van der Waals surface area contributed by atoms with Crippen molar-refractivity contribution in [3.8, 4) is 67.3 Å². The SMILES string of the molecule is CC1(C)c2cccc(-c3ccc(-c4ccc(-c5cc(-c6cccc7ccccc67)nc(-c6ccccc6)n5)c5ccccc45)c4ccccc34)c2-c2ccc3ccccc3c21. The van der Waals surface area contributed by atoms with E-state index >= 15 is 0 Å². The summed E-state index contributed by atoms with van der Waals surface area (Å²) in [6.45, 7) is 4.77. The molecule has 0 radical (unpaired) electrons. The zero-order valence-electron chi connectivity index (χ0n) is 34.0. The van der Waals surface area contributed by atoms with Crippen molar-refractivity contribution in [2.75, 3.05) is 0 Å². The van der Waals surface area contributed by atoms with Crippen molar-refractivity contribution >= 4 is 43.1 Å². The predicted molar refractivity (Wildman–Crippen MR) is 257 cm³/mol. The molecule has 1 aliphatic rings. The minimum Gasteiger partial charge on any atom is -0.228 e. The van der Waals surface area contributed by atoms with Crippen molar-refractivity contribution in [3.05, 3.63) is 217 Å². The topological polar surface area (TPSA) is 25.8 Å². The summed E-state index contributed by atoms with van der Waals surface area (Å²) in [6, 6.07) is 74.8. The summed E-state index contributed by atoms with van der Waals surface area (Å²) in [7, 11) is 0. The maximum atomic E-state index is 5.29. The fourth-order valence-corrected chi connectivity index (χ4v) is 10.3. The van der Waals surface area contributed by atoms with Gasteiger partial charge >= 0.3 is 0 Å². The summed E-state index contributed by atoms with van der Waals surface area (Å²) in [6.07, 6.45) is 0. The van der Waals surface area contributed by atoms with E-state index in [1.54, 1.807) is 0 Å². The van der Waals surface area contributed by atoms with Gasteiger partial charge in [-0.15, -0.1) is 0 Å². The summed E-state index contributed by atoms with van der Waals surface area (Å²) in [5.41, 5.74) is 15.3. The number of hydrogen-bond donors (Lipinski definition) is 0. The maximum absolute atomic E-state index is 5.29. The van der Waals surface area contributed by atoms with E-state index in [0.717, 1.165) is 33.5 Å². The second-order valence-corrected chi connectivity index (χ2v) is 16.8. The Kier molecular flexibility index (Phi) is 7.92. The molecule has 0 amide bonds. The third-order valence-corrected chi connectivity index (χ3v) is 13.1. The smallest absolute Gasteiger partial charge is 0.160 e. The second-order valence-electron chi connectivity index (χ2n) is 16.8. The lowest BCUT2D eigenvalue weighted by Gasteiger charge is -2.23. The van der Waals surface area contributed by atoms with Crippen LogP contribution in [-0.2, 0) is 5.41 Å². The molecule has 1 aliphatic carbocycles. The van der Waals surface area contributed by atoms with E-state index in [-0.39, 0.29) is 5.41 Å². The number of benzene rings is 10. The largest absolute Gasteiger partial charge is 0.228 e. The fraction of sp³-hybridized carbons (Fsp3) is 0.0508. The monoisotopic (exact) mass is 776 g/mol. The van der Waals surface area contributed by atoms with Gasteiger partial charge in [0.15, 0.2) is 5.82 Å². The summed E-state index contributed by atoms with van der Waals surface area (Å²) in [5, 5.41) is 9.81. The lowest BCUT2D eigenvalue weighted by Crippen LogP contribution is -2.15. The van der Waals surface area contributed by atoms with Gasteiger partial charge in [-0.05, 0) is 93.7 Å². The molecule has 61 heavy (non-hydrogen) atoms. The minimum atomic E-state index is -0.126. The normalized spacial score (nSPS) is 12.9. The van der Waals surface area contributed by atoms with Crippen molar-refractivity contribution in [1.29, 1.82) is 0 Å². The van der Waals surface area contributed by atoms with Gasteiger partial charge in [0.2, 0.25) is 0 Å². The van der Waals surface area contributed by atoms with Crippen LogP contribution in [0.25, 0.3) is 110 Å². The predicted octanol–water partition coefficient (Wildman–Crippen LogP) is 15.7. The number of nitrogens with zero attached hydrogens (tertiary/aromatic N) is 2. The van der Waals surface area contributed by atoms with Gasteiger partial charge in [-0.25, -0.2) is 9.97 Å². The molecular formula is C59H40N2. The molecule has 1 aromatic heterocycles. The van der Waals surface area contributed by atoms with Crippen molar-refractivity contribution in [1.82, 2.24) is 9.97 Å². The van der Waals surface area contributed by atoms with Crippen LogP contribution in [0, 0.1) is 0 Å². The van der Waals surface area contributed by atoms with Crippen LogP contribution in [0.15, 0.2) is 206 Å². The summed E-state index contributed by atoms with van der Waals surface area (Å²) >= 11 is 0. The Labute approximate surface area is 355 Å². The highest BCUT2D eigenvalue weighted by atomic mass is 14.9.